The zero-order chi connectivity index (χ0) is 13.0. The van der Waals surface area contributed by atoms with E-state index in [0.29, 0.717) is 17.4 Å². The van der Waals surface area contributed by atoms with Crippen LogP contribution in [0.4, 0.5) is 5.82 Å². The molecule has 2 rings (SSSR count). The number of methoxy groups -OCH3 is 1. The number of benzene rings is 1. The highest BCUT2D eigenvalue weighted by Gasteiger charge is 2.06. The van der Waals surface area contributed by atoms with E-state index in [9.17, 15) is 0 Å². The second kappa shape index (κ2) is 5.65. The summed E-state index contributed by atoms with van der Waals surface area (Å²) in [6.07, 6.45) is 1.36. The van der Waals surface area contributed by atoms with Crippen LogP contribution in [0.3, 0.4) is 0 Å². The molecule has 94 valence electrons. The van der Waals surface area contributed by atoms with Gasteiger partial charge in [0.25, 0.3) is 0 Å². The summed E-state index contributed by atoms with van der Waals surface area (Å²) in [5.41, 5.74) is 2.42. The van der Waals surface area contributed by atoms with E-state index in [1.54, 1.807) is 31.4 Å². The molecule has 18 heavy (non-hydrogen) atoms. The van der Waals surface area contributed by atoms with E-state index in [1.807, 2.05) is 0 Å². The largest absolute Gasteiger partial charge is 0.497 e. The minimum Gasteiger partial charge on any atom is -0.497 e. The summed E-state index contributed by atoms with van der Waals surface area (Å²) < 4.78 is 11.5. The maximum atomic E-state index is 5.60. The maximum Gasteiger partial charge on any atom is 0.224 e. The number of hydrogen-bond acceptors (Lipinski definition) is 6. The quantitative estimate of drug-likeness (QED) is 0.666. The Bertz CT molecular complexity index is 550. The summed E-state index contributed by atoms with van der Waals surface area (Å²) in [5, 5.41) is 0. The van der Waals surface area contributed by atoms with Crippen LogP contribution in [0.15, 0.2) is 35.1 Å². The van der Waals surface area contributed by atoms with Gasteiger partial charge >= 0.3 is 0 Å². The molecule has 0 aliphatic rings. The molecule has 0 fully saturated rings. The molecule has 7 heteroatoms. The molecule has 2 aromatic rings. The Kier molecular flexibility index (Phi) is 3.96. The van der Waals surface area contributed by atoms with E-state index in [1.165, 1.54) is 6.33 Å². The Morgan fingerprint density at radius 1 is 1.28 bits per heavy atom. The number of halogens is 1. The highest BCUT2D eigenvalue weighted by molar-refractivity contribution is 9.10. The van der Waals surface area contributed by atoms with E-state index in [-0.39, 0.29) is 0 Å². The van der Waals surface area contributed by atoms with Gasteiger partial charge < -0.3 is 14.9 Å². The molecule has 0 aliphatic heterocycles. The van der Waals surface area contributed by atoms with Crippen LogP contribution in [0, 0.1) is 0 Å². The van der Waals surface area contributed by atoms with Crippen molar-refractivity contribution < 1.29 is 9.47 Å². The topological polar surface area (TPSA) is 82.3 Å². The molecular weight excluding hydrogens is 300 g/mol. The lowest BCUT2D eigenvalue weighted by Crippen LogP contribution is -2.08. The number of nitrogens with zero attached hydrogens (tertiary/aromatic N) is 2. The van der Waals surface area contributed by atoms with Crippen LogP contribution in [-0.2, 0) is 0 Å². The minimum absolute atomic E-state index is 0.392. The van der Waals surface area contributed by atoms with E-state index < -0.39 is 0 Å². The van der Waals surface area contributed by atoms with Gasteiger partial charge in [-0.3, -0.25) is 0 Å². The molecule has 0 radical (unpaired) electrons. The van der Waals surface area contributed by atoms with Crippen LogP contribution < -0.4 is 20.7 Å². The van der Waals surface area contributed by atoms with Gasteiger partial charge in [-0.25, -0.2) is 15.8 Å². The smallest absolute Gasteiger partial charge is 0.224 e. The molecule has 0 aliphatic carbocycles. The van der Waals surface area contributed by atoms with Gasteiger partial charge in [0.2, 0.25) is 5.88 Å². The maximum absolute atomic E-state index is 5.60. The normalized spacial score (nSPS) is 9.94. The molecular formula is C11H11BrN4O2. The zero-order valence-electron chi connectivity index (χ0n) is 9.55. The summed E-state index contributed by atoms with van der Waals surface area (Å²) in [6, 6.07) is 6.97. The molecule has 1 aromatic heterocycles. The van der Waals surface area contributed by atoms with Crippen LogP contribution in [0.5, 0.6) is 17.4 Å². The van der Waals surface area contributed by atoms with Crippen molar-refractivity contribution in [3.8, 4) is 17.4 Å². The summed E-state index contributed by atoms with van der Waals surface area (Å²) >= 11 is 3.39. The van der Waals surface area contributed by atoms with Gasteiger partial charge in [-0.2, -0.15) is 0 Å². The molecule has 0 spiro atoms. The SMILES string of the molecule is COc1ccc(Oc2cc(NN)ncn2)c(Br)c1. The predicted molar refractivity (Wildman–Crippen MR) is 70.6 cm³/mol. The second-order valence-corrected chi connectivity index (χ2v) is 4.14. The summed E-state index contributed by atoms with van der Waals surface area (Å²) in [6.45, 7) is 0. The lowest BCUT2D eigenvalue weighted by Gasteiger charge is -2.08. The fraction of sp³-hybridized carbons (Fsp3) is 0.0909. The van der Waals surface area contributed by atoms with E-state index in [0.717, 1.165) is 10.2 Å². The van der Waals surface area contributed by atoms with Gasteiger partial charge in [0.15, 0.2) is 0 Å². The van der Waals surface area contributed by atoms with Gasteiger partial charge in [-0.05, 0) is 34.1 Å². The Morgan fingerprint density at radius 2 is 2.11 bits per heavy atom. The van der Waals surface area contributed by atoms with Crippen molar-refractivity contribution in [3.63, 3.8) is 0 Å². The number of hydrogen-bond donors (Lipinski definition) is 2. The first-order valence-electron chi connectivity index (χ1n) is 5.03. The van der Waals surface area contributed by atoms with Crippen molar-refractivity contribution in [3.05, 3.63) is 35.1 Å². The van der Waals surface area contributed by atoms with Crippen LogP contribution >= 0.6 is 15.9 Å². The molecule has 0 bridgehead atoms. The first kappa shape index (κ1) is 12.6. The Balaban J connectivity index is 2.22. The standard InChI is InChI=1S/C11H11BrN4O2/c1-17-7-2-3-9(8(12)4-7)18-11-5-10(16-13)14-6-15-11/h2-6H,13H2,1H3,(H,14,15,16). The van der Waals surface area contributed by atoms with Crippen molar-refractivity contribution in [1.82, 2.24) is 9.97 Å². The third kappa shape index (κ3) is 2.88. The summed E-state index contributed by atoms with van der Waals surface area (Å²) in [7, 11) is 1.60. The van der Waals surface area contributed by atoms with Crippen molar-refractivity contribution in [2.45, 2.75) is 0 Å². The molecule has 1 heterocycles. The van der Waals surface area contributed by atoms with Crippen LogP contribution in [0.25, 0.3) is 0 Å². The number of ether oxygens (including phenoxy) is 2. The summed E-state index contributed by atoms with van der Waals surface area (Å²) in [4.78, 5) is 7.88. The Morgan fingerprint density at radius 3 is 2.78 bits per heavy atom. The van der Waals surface area contributed by atoms with Gasteiger partial charge in [0.05, 0.1) is 11.6 Å². The second-order valence-electron chi connectivity index (χ2n) is 3.28. The molecule has 0 saturated carbocycles. The number of aromatic nitrogens is 2. The summed E-state index contributed by atoms with van der Waals surface area (Å²) in [5.74, 6) is 7.49. The molecule has 1 aromatic carbocycles. The molecule has 0 amide bonds. The van der Waals surface area contributed by atoms with E-state index in [4.69, 9.17) is 15.3 Å². The highest BCUT2D eigenvalue weighted by Crippen LogP contribution is 2.32. The van der Waals surface area contributed by atoms with Crippen molar-refractivity contribution in [2.24, 2.45) is 5.84 Å². The van der Waals surface area contributed by atoms with Gasteiger partial charge in [-0.1, -0.05) is 0 Å². The van der Waals surface area contributed by atoms with Crippen LogP contribution in [0.2, 0.25) is 0 Å². The van der Waals surface area contributed by atoms with Gasteiger partial charge in [-0.15, -0.1) is 0 Å². The number of nitrogen functional groups attached to an aromatic ring is 1. The van der Waals surface area contributed by atoms with Crippen molar-refractivity contribution >= 4 is 21.7 Å². The number of nitrogens with two attached hydrogens (primary N) is 1. The third-order valence-electron chi connectivity index (χ3n) is 2.14. The number of rotatable bonds is 4. The fourth-order valence-electron chi connectivity index (χ4n) is 1.28. The number of anilines is 1. The van der Waals surface area contributed by atoms with Crippen molar-refractivity contribution in [2.75, 3.05) is 12.5 Å². The highest BCUT2D eigenvalue weighted by atomic mass is 79.9. The average Bonchev–Trinajstić information content (AvgIpc) is 2.41. The molecule has 3 N–H and O–H groups in total. The first-order chi connectivity index (χ1) is 8.72. The van der Waals surface area contributed by atoms with Gasteiger partial charge in [0, 0.05) is 6.07 Å². The zero-order valence-corrected chi connectivity index (χ0v) is 11.1. The van der Waals surface area contributed by atoms with Crippen LogP contribution in [0.1, 0.15) is 0 Å². The van der Waals surface area contributed by atoms with E-state index in [2.05, 4.69) is 31.3 Å². The number of nitrogens with one attached hydrogen (secondary N) is 1. The monoisotopic (exact) mass is 310 g/mol. The lowest BCUT2D eigenvalue weighted by atomic mass is 10.3. The Hall–Kier alpha value is -1.86. The van der Waals surface area contributed by atoms with Crippen molar-refractivity contribution in [1.29, 1.82) is 0 Å². The van der Waals surface area contributed by atoms with Gasteiger partial charge in [0.1, 0.15) is 23.6 Å². The lowest BCUT2D eigenvalue weighted by molar-refractivity contribution is 0.411. The predicted octanol–water partition coefficient (Wildman–Crippen LogP) is 2.33. The molecule has 0 saturated heterocycles. The molecule has 6 nitrogen and oxygen atoms in total. The minimum atomic E-state index is 0.392. The fourth-order valence-corrected chi connectivity index (χ4v) is 1.72. The molecule has 0 unspecified atom stereocenters. The first-order valence-corrected chi connectivity index (χ1v) is 5.82. The molecule has 0 atom stereocenters. The average molecular weight is 311 g/mol. The third-order valence-corrected chi connectivity index (χ3v) is 2.76. The van der Waals surface area contributed by atoms with E-state index >= 15 is 0 Å². The number of hydrazine groups is 1. The van der Waals surface area contributed by atoms with Crippen LogP contribution in [-0.4, -0.2) is 17.1 Å². The Labute approximate surface area is 112 Å².